The molecule has 3 N–H and O–H groups in total. The summed E-state index contributed by atoms with van der Waals surface area (Å²) >= 11 is 0. The summed E-state index contributed by atoms with van der Waals surface area (Å²) in [6.07, 6.45) is 0. The Morgan fingerprint density at radius 3 is 2.40 bits per heavy atom. The Hall–Kier alpha value is -2.50. The molecule has 0 aliphatic carbocycles. The van der Waals surface area contributed by atoms with Crippen molar-refractivity contribution in [3.8, 4) is 5.75 Å². The van der Waals surface area contributed by atoms with Crippen LogP contribution in [0, 0.1) is 22.9 Å². The van der Waals surface area contributed by atoms with Crippen LogP contribution in [0.2, 0.25) is 0 Å². The van der Waals surface area contributed by atoms with Crippen LogP contribution in [0.1, 0.15) is 11.1 Å². The molecular weight excluding hydrogens is 269 g/mol. The largest absolute Gasteiger partial charge is 0.486 e. The number of hydrogen-bond acceptors (Lipinski definition) is 2. The molecule has 0 unspecified atom stereocenters. The minimum Gasteiger partial charge on any atom is -0.486 e. The average Bonchev–Trinajstić information content (AvgIpc) is 2.38. The fourth-order valence-corrected chi connectivity index (χ4v) is 1.58. The lowest BCUT2D eigenvalue weighted by Crippen LogP contribution is -2.11. The van der Waals surface area contributed by atoms with Crippen molar-refractivity contribution in [1.29, 1.82) is 5.41 Å². The van der Waals surface area contributed by atoms with Gasteiger partial charge >= 0.3 is 0 Å². The van der Waals surface area contributed by atoms with E-state index in [4.69, 9.17) is 15.9 Å². The molecule has 0 aliphatic heterocycles. The van der Waals surface area contributed by atoms with Crippen molar-refractivity contribution in [2.45, 2.75) is 6.61 Å². The molecule has 0 amide bonds. The molecule has 0 saturated carbocycles. The summed E-state index contributed by atoms with van der Waals surface area (Å²) in [5, 5.41) is 7.17. The third-order valence-corrected chi connectivity index (χ3v) is 2.64. The number of rotatable bonds is 4. The quantitative estimate of drug-likeness (QED) is 0.668. The number of nitrogens with one attached hydrogen (secondary N) is 1. The van der Waals surface area contributed by atoms with Crippen LogP contribution in [-0.4, -0.2) is 5.84 Å². The molecule has 0 bridgehead atoms. The van der Waals surface area contributed by atoms with Gasteiger partial charge in [-0.2, -0.15) is 0 Å². The molecule has 0 heterocycles. The normalized spacial score (nSPS) is 10.3. The molecule has 0 radical (unpaired) electrons. The zero-order valence-electron chi connectivity index (χ0n) is 10.3. The lowest BCUT2D eigenvalue weighted by Gasteiger charge is -2.09. The molecule has 0 fully saturated rings. The Labute approximate surface area is 113 Å². The first-order valence-electron chi connectivity index (χ1n) is 5.68. The third-order valence-electron chi connectivity index (χ3n) is 2.64. The molecule has 2 aromatic carbocycles. The monoisotopic (exact) mass is 280 g/mol. The second-order valence-electron chi connectivity index (χ2n) is 4.08. The molecule has 2 aromatic rings. The minimum atomic E-state index is -0.759. The van der Waals surface area contributed by atoms with Crippen LogP contribution < -0.4 is 10.5 Å². The number of hydrogen-bond donors (Lipinski definition) is 2. The number of halogens is 3. The molecule has 2 rings (SSSR count). The first-order chi connectivity index (χ1) is 9.47. The van der Waals surface area contributed by atoms with E-state index in [1.54, 1.807) is 0 Å². The Kier molecular flexibility index (Phi) is 3.93. The summed E-state index contributed by atoms with van der Waals surface area (Å²) in [7, 11) is 0. The van der Waals surface area contributed by atoms with Gasteiger partial charge in [0.1, 0.15) is 24.1 Å². The number of amidine groups is 1. The molecular formula is C14H11F3N2O. The fraction of sp³-hybridized carbons (Fsp3) is 0.0714. The van der Waals surface area contributed by atoms with E-state index in [1.165, 1.54) is 18.2 Å². The summed E-state index contributed by atoms with van der Waals surface area (Å²) in [4.78, 5) is 0. The smallest absolute Gasteiger partial charge is 0.165 e. The second-order valence-corrected chi connectivity index (χ2v) is 4.08. The number of nitrogens with two attached hydrogens (primary N) is 1. The highest BCUT2D eigenvalue weighted by atomic mass is 19.1. The fourth-order valence-electron chi connectivity index (χ4n) is 1.58. The standard InChI is InChI=1S/C14H11F3N2O/c15-10-3-1-9(11(16)6-10)7-20-13-4-2-8(14(18)19)5-12(13)17/h1-6H,7H2,(H3,18,19). The average molecular weight is 280 g/mol. The molecule has 3 nitrogen and oxygen atoms in total. The van der Waals surface area contributed by atoms with E-state index >= 15 is 0 Å². The van der Waals surface area contributed by atoms with Crippen LogP contribution >= 0.6 is 0 Å². The van der Waals surface area contributed by atoms with Crippen molar-refractivity contribution in [2.75, 3.05) is 0 Å². The van der Waals surface area contributed by atoms with Gasteiger partial charge in [-0.05, 0) is 30.3 Å². The van der Waals surface area contributed by atoms with Gasteiger partial charge in [-0.1, -0.05) is 0 Å². The first-order valence-corrected chi connectivity index (χ1v) is 5.68. The number of benzene rings is 2. The Bertz CT molecular complexity index is 659. The second kappa shape index (κ2) is 5.64. The predicted molar refractivity (Wildman–Crippen MR) is 68.1 cm³/mol. The van der Waals surface area contributed by atoms with Gasteiger partial charge in [0.05, 0.1) is 0 Å². The van der Waals surface area contributed by atoms with Crippen molar-refractivity contribution >= 4 is 5.84 Å². The summed E-state index contributed by atoms with van der Waals surface area (Å²) in [5.74, 6) is -2.52. The summed E-state index contributed by atoms with van der Waals surface area (Å²) in [6, 6.07) is 6.82. The van der Waals surface area contributed by atoms with Crippen molar-refractivity contribution in [1.82, 2.24) is 0 Å². The van der Waals surface area contributed by atoms with Crippen LogP contribution in [-0.2, 0) is 6.61 Å². The molecule has 0 spiro atoms. The highest BCUT2D eigenvalue weighted by Gasteiger charge is 2.09. The summed E-state index contributed by atoms with van der Waals surface area (Å²) in [6.45, 7) is -0.234. The predicted octanol–water partition coefficient (Wildman–Crippen LogP) is 2.97. The van der Waals surface area contributed by atoms with E-state index in [0.717, 1.165) is 18.2 Å². The van der Waals surface area contributed by atoms with Crippen molar-refractivity contribution in [3.63, 3.8) is 0 Å². The maximum Gasteiger partial charge on any atom is 0.165 e. The lowest BCUT2D eigenvalue weighted by atomic mass is 10.2. The molecule has 0 aromatic heterocycles. The van der Waals surface area contributed by atoms with Crippen molar-refractivity contribution in [2.24, 2.45) is 5.73 Å². The van der Waals surface area contributed by atoms with E-state index in [-0.39, 0.29) is 29.3 Å². The van der Waals surface area contributed by atoms with Crippen LogP contribution in [0.4, 0.5) is 13.2 Å². The topological polar surface area (TPSA) is 59.1 Å². The SMILES string of the molecule is N=C(N)c1ccc(OCc2ccc(F)cc2F)c(F)c1. The first kappa shape index (κ1) is 13.9. The molecule has 0 atom stereocenters. The Morgan fingerprint density at radius 2 is 1.80 bits per heavy atom. The van der Waals surface area contributed by atoms with Gasteiger partial charge in [-0.3, -0.25) is 5.41 Å². The van der Waals surface area contributed by atoms with E-state index in [2.05, 4.69) is 0 Å². The van der Waals surface area contributed by atoms with Gasteiger partial charge in [-0.15, -0.1) is 0 Å². The van der Waals surface area contributed by atoms with E-state index < -0.39 is 17.5 Å². The van der Waals surface area contributed by atoms with E-state index in [0.29, 0.717) is 0 Å². The molecule has 104 valence electrons. The molecule has 0 aliphatic rings. The van der Waals surface area contributed by atoms with Gasteiger partial charge in [0, 0.05) is 17.2 Å². The summed E-state index contributed by atoms with van der Waals surface area (Å²) < 4.78 is 44.9. The van der Waals surface area contributed by atoms with Gasteiger partial charge in [-0.25, -0.2) is 13.2 Å². The highest BCUT2D eigenvalue weighted by Crippen LogP contribution is 2.20. The van der Waals surface area contributed by atoms with Crippen LogP contribution in [0.3, 0.4) is 0 Å². The van der Waals surface area contributed by atoms with Crippen LogP contribution in [0.15, 0.2) is 36.4 Å². The summed E-state index contributed by atoms with van der Waals surface area (Å²) in [5.41, 5.74) is 5.56. The highest BCUT2D eigenvalue weighted by molar-refractivity contribution is 5.95. The van der Waals surface area contributed by atoms with Gasteiger partial charge in [0.15, 0.2) is 11.6 Å². The Balaban J connectivity index is 2.13. The maximum absolute atomic E-state index is 13.6. The van der Waals surface area contributed by atoms with Gasteiger partial charge in [0.2, 0.25) is 0 Å². The zero-order chi connectivity index (χ0) is 14.7. The van der Waals surface area contributed by atoms with E-state index in [9.17, 15) is 13.2 Å². The minimum absolute atomic E-state index is 0.0984. The lowest BCUT2D eigenvalue weighted by molar-refractivity contribution is 0.284. The molecule has 6 heteroatoms. The zero-order valence-corrected chi connectivity index (χ0v) is 10.3. The van der Waals surface area contributed by atoms with Gasteiger partial charge in [0.25, 0.3) is 0 Å². The number of nitrogen functional groups attached to an aromatic ring is 1. The number of ether oxygens (including phenoxy) is 1. The van der Waals surface area contributed by atoms with Crippen molar-refractivity contribution < 1.29 is 17.9 Å². The van der Waals surface area contributed by atoms with Crippen LogP contribution in [0.5, 0.6) is 5.75 Å². The maximum atomic E-state index is 13.6. The van der Waals surface area contributed by atoms with Crippen molar-refractivity contribution in [3.05, 3.63) is 65.0 Å². The molecule has 20 heavy (non-hydrogen) atoms. The van der Waals surface area contributed by atoms with Crippen LogP contribution in [0.25, 0.3) is 0 Å². The van der Waals surface area contributed by atoms with E-state index in [1.807, 2.05) is 0 Å². The molecule has 0 saturated heterocycles. The van der Waals surface area contributed by atoms with Gasteiger partial charge < -0.3 is 10.5 Å². The third kappa shape index (κ3) is 3.09. The Morgan fingerprint density at radius 1 is 1.05 bits per heavy atom.